The Labute approximate surface area is 160 Å². The third-order valence-electron chi connectivity index (χ3n) is 3.07. The Hall–Kier alpha value is -1.25. The molecule has 0 aliphatic rings. The first kappa shape index (κ1) is 29.8. The van der Waals surface area contributed by atoms with Crippen LogP contribution in [0.2, 0.25) is 0 Å². The van der Waals surface area contributed by atoms with Gasteiger partial charge in [0.25, 0.3) is 0 Å². The lowest BCUT2D eigenvalue weighted by molar-refractivity contribution is -0.344. The Morgan fingerprint density at radius 2 is 0.774 bits per heavy atom. The summed E-state index contributed by atoms with van der Waals surface area (Å²) < 4.78 is 228. The molecule has 0 aliphatic carbocycles. The Morgan fingerprint density at radius 3 is 0.968 bits per heavy atom. The van der Waals surface area contributed by atoms with Crippen LogP contribution in [0.1, 0.15) is 0 Å². The standard InChI is InChI=1S/C10H6F16O4S/c11-3(12)7(19,20)9(23,24)5(15,16)1-29-31(27,28)30-2-6(17,18)10(25,26)8(21,22)4(13)14/h3-4H,1-2H2. The highest BCUT2D eigenvalue weighted by Crippen LogP contribution is 2.50. The van der Waals surface area contributed by atoms with Crippen molar-refractivity contribution in [2.75, 3.05) is 13.2 Å². The number of hydrogen-bond donors (Lipinski definition) is 0. The maximum absolute atomic E-state index is 13.0. The van der Waals surface area contributed by atoms with E-state index in [1.807, 2.05) is 0 Å². The third kappa shape index (κ3) is 5.57. The average molecular weight is 526 g/mol. The maximum Gasteiger partial charge on any atom is 0.400 e. The molecule has 0 atom stereocenters. The summed E-state index contributed by atoms with van der Waals surface area (Å²) in [6.07, 6.45) is -10.9. The average Bonchev–Trinajstić information content (AvgIpc) is 2.57. The van der Waals surface area contributed by atoms with Crippen LogP contribution in [0.5, 0.6) is 0 Å². The fourth-order valence-corrected chi connectivity index (χ4v) is 1.92. The molecular weight excluding hydrogens is 520 g/mol. The van der Waals surface area contributed by atoms with E-state index in [1.54, 1.807) is 0 Å². The molecule has 188 valence electrons. The van der Waals surface area contributed by atoms with Gasteiger partial charge in [0, 0.05) is 0 Å². The highest BCUT2D eigenvalue weighted by atomic mass is 32.3. The van der Waals surface area contributed by atoms with Gasteiger partial charge >= 0.3 is 58.8 Å². The number of rotatable bonds is 12. The zero-order chi connectivity index (χ0) is 25.5. The molecule has 21 heteroatoms. The second-order valence-electron chi connectivity index (χ2n) is 5.34. The van der Waals surface area contributed by atoms with E-state index in [9.17, 15) is 78.7 Å². The summed E-state index contributed by atoms with van der Waals surface area (Å²) >= 11 is 0. The molecule has 0 heterocycles. The van der Waals surface area contributed by atoms with Gasteiger partial charge in [0.2, 0.25) is 0 Å². The van der Waals surface area contributed by atoms with Gasteiger partial charge in [-0.1, -0.05) is 0 Å². The van der Waals surface area contributed by atoms with Gasteiger partial charge in [-0.2, -0.15) is 61.1 Å². The van der Waals surface area contributed by atoms with Crippen LogP contribution in [0.25, 0.3) is 0 Å². The van der Waals surface area contributed by atoms with Crippen molar-refractivity contribution in [3.8, 4) is 0 Å². The van der Waals surface area contributed by atoms with Crippen molar-refractivity contribution < 1.29 is 87.0 Å². The Balaban J connectivity index is 5.44. The molecule has 0 unspecified atom stereocenters. The van der Waals surface area contributed by atoms with Crippen LogP contribution in [-0.4, -0.2) is 70.0 Å². The van der Waals surface area contributed by atoms with E-state index in [0.717, 1.165) is 0 Å². The van der Waals surface area contributed by atoms with Gasteiger partial charge in [-0.05, 0) is 0 Å². The molecule has 0 N–H and O–H groups in total. The molecule has 4 nitrogen and oxygen atoms in total. The summed E-state index contributed by atoms with van der Waals surface area (Å²) in [5.74, 6) is -40.6. The van der Waals surface area contributed by atoms with E-state index in [-0.39, 0.29) is 0 Å². The van der Waals surface area contributed by atoms with Crippen LogP contribution in [-0.2, 0) is 18.8 Å². The first-order chi connectivity index (χ1) is 13.3. The van der Waals surface area contributed by atoms with E-state index in [4.69, 9.17) is 0 Å². The van der Waals surface area contributed by atoms with Crippen molar-refractivity contribution >= 4 is 10.4 Å². The summed E-state index contributed by atoms with van der Waals surface area (Å²) in [5, 5.41) is 0. The first-order valence-electron chi connectivity index (χ1n) is 6.67. The summed E-state index contributed by atoms with van der Waals surface area (Å²) in [6.45, 7) is -7.03. The zero-order valence-corrected chi connectivity index (χ0v) is 14.5. The fourth-order valence-electron chi connectivity index (χ4n) is 1.27. The number of alkyl halides is 16. The van der Waals surface area contributed by atoms with Crippen molar-refractivity contribution in [2.45, 2.75) is 48.4 Å². The quantitative estimate of drug-likeness (QED) is 0.349. The topological polar surface area (TPSA) is 52.6 Å². The second kappa shape index (κ2) is 8.60. The minimum absolute atomic E-state index is 2.72. The van der Waals surface area contributed by atoms with Gasteiger partial charge < -0.3 is 0 Å². The zero-order valence-electron chi connectivity index (χ0n) is 13.7. The summed E-state index contributed by atoms with van der Waals surface area (Å²) in [5.41, 5.74) is 0. The van der Waals surface area contributed by atoms with E-state index in [0.29, 0.717) is 0 Å². The number of hydrogen-bond acceptors (Lipinski definition) is 4. The molecule has 0 fully saturated rings. The Morgan fingerprint density at radius 1 is 0.548 bits per heavy atom. The molecule has 0 rings (SSSR count). The van der Waals surface area contributed by atoms with Gasteiger partial charge in [-0.25, -0.2) is 25.9 Å². The lowest BCUT2D eigenvalue weighted by Crippen LogP contribution is -2.60. The fraction of sp³-hybridized carbons (Fsp3) is 1.00. The second-order valence-corrected chi connectivity index (χ2v) is 6.63. The lowest BCUT2D eigenvalue weighted by atomic mass is 10.1. The molecule has 0 amide bonds. The highest BCUT2D eigenvalue weighted by Gasteiger charge is 2.77. The van der Waals surface area contributed by atoms with Gasteiger partial charge in [0.1, 0.15) is 13.2 Å². The Bertz CT molecular complexity index is 664. The molecule has 0 spiro atoms. The SMILES string of the molecule is O=S(=O)(OCC(F)(F)C(F)(F)C(F)(F)C(F)F)OCC(F)(F)C(F)(F)C(F)(F)C(F)F. The molecule has 0 saturated heterocycles. The largest absolute Gasteiger partial charge is 0.400 e. The van der Waals surface area contributed by atoms with E-state index >= 15 is 0 Å². The van der Waals surface area contributed by atoms with Gasteiger partial charge in [0.15, 0.2) is 0 Å². The minimum Gasteiger partial charge on any atom is -0.242 e. The van der Waals surface area contributed by atoms with Crippen LogP contribution in [0.4, 0.5) is 70.2 Å². The molecule has 31 heavy (non-hydrogen) atoms. The molecule has 0 saturated carbocycles. The molecular formula is C10H6F16O4S. The summed E-state index contributed by atoms with van der Waals surface area (Å²) in [6, 6.07) is 0. The van der Waals surface area contributed by atoms with Crippen molar-refractivity contribution in [3.05, 3.63) is 0 Å². The molecule has 0 radical (unpaired) electrons. The van der Waals surface area contributed by atoms with Gasteiger partial charge in [-0.3, -0.25) is 0 Å². The van der Waals surface area contributed by atoms with Crippen LogP contribution in [0.15, 0.2) is 0 Å². The summed E-state index contributed by atoms with van der Waals surface area (Å²) in [4.78, 5) is 0. The molecule has 0 aliphatic heterocycles. The molecule has 0 aromatic carbocycles. The minimum atomic E-state index is -7.03. The van der Waals surface area contributed by atoms with Crippen LogP contribution in [0, 0.1) is 0 Å². The molecule has 0 aromatic heterocycles. The molecule has 0 bridgehead atoms. The number of halogens is 16. The molecule has 0 aromatic rings. The summed E-state index contributed by atoms with van der Waals surface area (Å²) in [7, 11) is -6.59. The van der Waals surface area contributed by atoms with Gasteiger partial charge in [-0.15, -0.1) is 0 Å². The van der Waals surface area contributed by atoms with Crippen molar-refractivity contribution in [2.24, 2.45) is 0 Å². The smallest absolute Gasteiger partial charge is 0.242 e. The van der Waals surface area contributed by atoms with Crippen LogP contribution in [0.3, 0.4) is 0 Å². The van der Waals surface area contributed by atoms with Crippen LogP contribution < -0.4 is 0 Å². The van der Waals surface area contributed by atoms with E-state index in [1.165, 1.54) is 0 Å². The van der Waals surface area contributed by atoms with Crippen LogP contribution >= 0.6 is 0 Å². The van der Waals surface area contributed by atoms with Gasteiger partial charge in [0.05, 0.1) is 0 Å². The monoisotopic (exact) mass is 526 g/mol. The van der Waals surface area contributed by atoms with E-state index < -0.39 is 72.0 Å². The van der Waals surface area contributed by atoms with Crippen molar-refractivity contribution in [3.63, 3.8) is 0 Å². The third-order valence-corrected chi connectivity index (χ3v) is 3.89. The first-order valence-corrected chi connectivity index (χ1v) is 8.00. The lowest BCUT2D eigenvalue weighted by Gasteiger charge is -2.32. The maximum atomic E-state index is 13.0. The van der Waals surface area contributed by atoms with E-state index in [2.05, 4.69) is 8.37 Å². The Kier molecular flexibility index (Phi) is 8.25. The predicted octanol–water partition coefficient (Wildman–Crippen LogP) is 4.61. The highest BCUT2D eigenvalue weighted by molar-refractivity contribution is 7.81. The predicted molar refractivity (Wildman–Crippen MR) is 62.5 cm³/mol. The van der Waals surface area contributed by atoms with Crippen molar-refractivity contribution in [1.82, 2.24) is 0 Å². The normalized spacial score (nSPS) is 15.8. The van der Waals surface area contributed by atoms with Crippen molar-refractivity contribution in [1.29, 1.82) is 0 Å².